The van der Waals surface area contributed by atoms with Gasteiger partial charge in [0.1, 0.15) is 16.7 Å². The molecule has 6 nitrogen and oxygen atoms in total. The molecule has 0 aliphatic carbocycles. The third-order valence-electron chi connectivity index (χ3n) is 12.2. The molecule has 278 valence electrons. The van der Waals surface area contributed by atoms with Crippen LogP contribution in [0.1, 0.15) is 35.2 Å². The maximum Gasteiger partial charge on any atom is 0.159 e. The maximum absolute atomic E-state index is 7.09. The summed E-state index contributed by atoms with van der Waals surface area (Å²) < 4.78 is 16.0. The molecule has 0 spiro atoms. The lowest BCUT2D eigenvalue weighted by Crippen LogP contribution is -2.54. The zero-order valence-electron chi connectivity index (χ0n) is 31.8. The van der Waals surface area contributed by atoms with Gasteiger partial charge < -0.3 is 13.4 Å². The molecule has 3 aromatic heterocycles. The van der Waals surface area contributed by atoms with Crippen LogP contribution >= 0.6 is 0 Å². The van der Waals surface area contributed by atoms with Crippen molar-refractivity contribution in [1.29, 1.82) is 0 Å². The summed E-state index contributed by atoms with van der Waals surface area (Å²) in [4.78, 5) is 2.38. The van der Waals surface area contributed by atoms with Crippen LogP contribution in [0.4, 0.5) is 0 Å². The van der Waals surface area contributed by atoms with Gasteiger partial charge >= 0.3 is 0 Å². The molecule has 3 atom stereocenters. The van der Waals surface area contributed by atoms with Gasteiger partial charge in [0, 0.05) is 37.9 Å². The SMILES string of the molecule is CN1C(c2ccccc2)NC(c2ccccc2)NC1c1ccc2oc3cccc(-c4cccc5c4oc4c(-n6c7ccccc7c7ccccc76)cccc45)c3c2c1. The molecule has 12 rings (SSSR count). The largest absolute Gasteiger partial charge is 0.456 e. The second-order valence-corrected chi connectivity index (χ2v) is 15.4. The number of aromatic nitrogens is 1. The van der Waals surface area contributed by atoms with Crippen LogP contribution in [0.2, 0.25) is 0 Å². The first-order chi connectivity index (χ1) is 28.7. The van der Waals surface area contributed by atoms with Gasteiger partial charge in [-0.15, -0.1) is 0 Å². The van der Waals surface area contributed by atoms with Crippen molar-refractivity contribution in [1.82, 2.24) is 20.1 Å². The smallest absolute Gasteiger partial charge is 0.159 e. The van der Waals surface area contributed by atoms with Crippen molar-refractivity contribution in [2.45, 2.75) is 18.5 Å². The fraction of sp³-hybridized carbons (Fsp3) is 0.0769. The van der Waals surface area contributed by atoms with E-state index in [0.717, 1.165) is 77.3 Å². The topological polar surface area (TPSA) is 58.5 Å². The minimum absolute atomic E-state index is 0.0110. The van der Waals surface area contributed by atoms with Gasteiger partial charge in [0.2, 0.25) is 0 Å². The summed E-state index contributed by atoms with van der Waals surface area (Å²) in [5.41, 5.74) is 12.4. The first-order valence-corrected chi connectivity index (χ1v) is 19.9. The molecule has 6 heteroatoms. The summed E-state index contributed by atoms with van der Waals surface area (Å²) in [7, 11) is 2.18. The Morgan fingerprint density at radius 1 is 0.431 bits per heavy atom. The molecule has 0 amide bonds. The predicted molar refractivity (Wildman–Crippen MR) is 236 cm³/mol. The minimum atomic E-state index is -0.0868. The van der Waals surface area contributed by atoms with Crippen molar-refractivity contribution in [2.24, 2.45) is 0 Å². The molecular formula is C52H38N4O2. The fourth-order valence-corrected chi connectivity index (χ4v) is 9.50. The van der Waals surface area contributed by atoms with Crippen molar-refractivity contribution in [2.75, 3.05) is 7.05 Å². The standard InChI is InChI=1S/C52H38N4O2/c1-55-51(33-17-6-3-7-18-33)53-50(32-15-4-2-5-16-32)54-52(55)34-29-30-45-41(31-34)47-37(21-14-28-46(47)57-45)38-22-12-23-39-40-24-13-27-44(49(40)58-48(38)39)56-42-25-10-8-19-35(42)36-20-9-11-26-43(36)56/h2-31,50-54H,1H3. The average Bonchev–Trinajstić information content (AvgIpc) is 3.97. The van der Waals surface area contributed by atoms with Crippen molar-refractivity contribution < 1.29 is 8.83 Å². The molecule has 1 fully saturated rings. The van der Waals surface area contributed by atoms with Crippen LogP contribution in [-0.2, 0) is 0 Å². The summed E-state index contributed by atoms with van der Waals surface area (Å²) in [5, 5.41) is 14.6. The highest BCUT2D eigenvalue weighted by atomic mass is 16.3. The van der Waals surface area contributed by atoms with E-state index >= 15 is 0 Å². The molecule has 2 N–H and O–H groups in total. The lowest BCUT2D eigenvalue weighted by Gasteiger charge is -2.45. The summed E-state index contributed by atoms with van der Waals surface area (Å²) in [6.07, 6.45) is -0.155. The van der Waals surface area contributed by atoms with E-state index in [-0.39, 0.29) is 18.5 Å². The monoisotopic (exact) mass is 750 g/mol. The van der Waals surface area contributed by atoms with Gasteiger partial charge in [-0.25, -0.2) is 0 Å². The molecule has 0 saturated carbocycles. The molecule has 1 aliphatic heterocycles. The first-order valence-electron chi connectivity index (χ1n) is 19.9. The van der Waals surface area contributed by atoms with Crippen LogP contribution in [-0.4, -0.2) is 16.5 Å². The van der Waals surface area contributed by atoms with Crippen LogP contribution in [0.5, 0.6) is 0 Å². The van der Waals surface area contributed by atoms with Crippen molar-refractivity contribution in [3.05, 3.63) is 199 Å². The van der Waals surface area contributed by atoms with E-state index in [4.69, 9.17) is 8.83 Å². The van der Waals surface area contributed by atoms with E-state index in [9.17, 15) is 0 Å². The van der Waals surface area contributed by atoms with Gasteiger partial charge in [-0.05, 0) is 65.7 Å². The summed E-state index contributed by atoms with van der Waals surface area (Å²) in [5.74, 6) is 0. The molecule has 4 heterocycles. The Bertz CT molecular complexity index is 3290. The maximum atomic E-state index is 7.09. The van der Waals surface area contributed by atoms with E-state index in [1.54, 1.807) is 0 Å². The lowest BCUT2D eigenvalue weighted by atomic mass is 9.96. The molecule has 1 saturated heterocycles. The number of nitrogens with zero attached hydrogens (tertiary/aromatic N) is 2. The summed E-state index contributed by atoms with van der Waals surface area (Å²) >= 11 is 0. The van der Waals surface area contributed by atoms with Crippen LogP contribution in [0.15, 0.2) is 191 Å². The van der Waals surface area contributed by atoms with Crippen LogP contribution in [0.3, 0.4) is 0 Å². The zero-order valence-corrected chi connectivity index (χ0v) is 31.8. The number of hydrogen-bond acceptors (Lipinski definition) is 5. The lowest BCUT2D eigenvalue weighted by molar-refractivity contribution is 0.0416. The second kappa shape index (κ2) is 13.0. The summed E-state index contributed by atoms with van der Waals surface area (Å²) in [6, 6.07) is 64.5. The van der Waals surface area contributed by atoms with E-state index in [0.29, 0.717) is 0 Å². The van der Waals surface area contributed by atoms with Crippen LogP contribution in [0.25, 0.3) is 82.5 Å². The Morgan fingerprint density at radius 2 is 1.02 bits per heavy atom. The molecule has 8 aromatic carbocycles. The van der Waals surface area contributed by atoms with Gasteiger partial charge in [-0.3, -0.25) is 15.5 Å². The number of hydrogen-bond donors (Lipinski definition) is 2. The molecule has 58 heavy (non-hydrogen) atoms. The fourth-order valence-electron chi connectivity index (χ4n) is 9.50. The molecule has 3 unspecified atom stereocenters. The molecule has 1 aliphatic rings. The Hall–Kier alpha value is -6.96. The van der Waals surface area contributed by atoms with Gasteiger partial charge in [0.15, 0.2) is 5.58 Å². The zero-order chi connectivity index (χ0) is 38.3. The van der Waals surface area contributed by atoms with E-state index < -0.39 is 0 Å². The Labute approximate surface area is 334 Å². The molecular weight excluding hydrogens is 713 g/mol. The predicted octanol–water partition coefficient (Wildman–Crippen LogP) is 12.8. The molecule has 0 radical (unpaired) electrons. The first kappa shape index (κ1) is 33.2. The van der Waals surface area contributed by atoms with E-state index in [1.807, 2.05) is 0 Å². The second-order valence-electron chi connectivity index (χ2n) is 15.4. The van der Waals surface area contributed by atoms with Crippen LogP contribution in [0, 0.1) is 0 Å². The minimum Gasteiger partial charge on any atom is -0.456 e. The number of furan rings is 2. The highest BCUT2D eigenvalue weighted by Crippen LogP contribution is 2.45. The number of nitrogens with one attached hydrogen (secondary N) is 2. The quantitative estimate of drug-likeness (QED) is 0.183. The normalized spacial score (nSPS) is 17.7. The molecule has 11 aromatic rings. The Balaban J connectivity index is 1.03. The number of benzene rings is 8. The van der Waals surface area contributed by atoms with Gasteiger partial charge in [0.05, 0.1) is 35.2 Å². The number of rotatable bonds is 5. The van der Waals surface area contributed by atoms with Crippen LogP contribution < -0.4 is 10.6 Å². The average molecular weight is 751 g/mol. The van der Waals surface area contributed by atoms with E-state index in [1.165, 1.54) is 21.9 Å². The Kier molecular flexibility index (Phi) is 7.47. The van der Waals surface area contributed by atoms with Crippen molar-refractivity contribution >= 4 is 65.7 Å². The van der Waals surface area contributed by atoms with Crippen molar-refractivity contribution in [3.8, 4) is 16.8 Å². The molecule has 0 bridgehead atoms. The highest BCUT2D eigenvalue weighted by Gasteiger charge is 2.35. The van der Waals surface area contributed by atoms with Gasteiger partial charge in [-0.2, -0.15) is 0 Å². The number of fused-ring (bicyclic) bond motifs is 9. The van der Waals surface area contributed by atoms with Gasteiger partial charge in [-0.1, -0.05) is 146 Å². The number of para-hydroxylation sites is 4. The van der Waals surface area contributed by atoms with Gasteiger partial charge in [0.25, 0.3) is 0 Å². The third kappa shape index (κ3) is 5.03. The van der Waals surface area contributed by atoms with Crippen molar-refractivity contribution in [3.63, 3.8) is 0 Å². The third-order valence-corrected chi connectivity index (χ3v) is 12.2. The summed E-state index contributed by atoms with van der Waals surface area (Å²) in [6.45, 7) is 0. The Morgan fingerprint density at radius 3 is 1.76 bits per heavy atom. The highest BCUT2D eigenvalue weighted by molar-refractivity contribution is 6.18. The van der Waals surface area contributed by atoms with E-state index in [2.05, 4.69) is 209 Å².